The van der Waals surface area contributed by atoms with Gasteiger partial charge in [0.15, 0.2) is 0 Å². The molecule has 0 aromatic heterocycles. The maximum atomic E-state index is 13.3. The fourth-order valence-electron chi connectivity index (χ4n) is 1.86. The number of carbonyl (C=O) groups is 1. The van der Waals surface area contributed by atoms with Crippen molar-refractivity contribution in [1.82, 2.24) is 10.2 Å². The zero-order valence-electron chi connectivity index (χ0n) is 9.88. The standard InChI is InChI=1S/C12H15F2N3O/c13-9-1-2-10(14)11(7-9)16-12(18)8-17-5-3-15-4-6-17/h1-2,7,15H,3-6,8H2,(H,16,18). The van der Waals surface area contributed by atoms with Gasteiger partial charge in [0, 0.05) is 32.2 Å². The third-order valence-corrected chi connectivity index (χ3v) is 2.78. The number of nitrogens with zero attached hydrogens (tertiary/aromatic N) is 1. The van der Waals surface area contributed by atoms with Crippen molar-refractivity contribution in [2.45, 2.75) is 0 Å². The van der Waals surface area contributed by atoms with Gasteiger partial charge in [0.05, 0.1) is 12.2 Å². The Balaban J connectivity index is 1.92. The molecule has 1 heterocycles. The van der Waals surface area contributed by atoms with E-state index < -0.39 is 11.6 Å². The van der Waals surface area contributed by atoms with Crippen molar-refractivity contribution in [2.75, 3.05) is 38.0 Å². The third-order valence-electron chi connectivity index (χ3n) is 2.78. The van der Waals surface area contributed by atoms with Gasteiger partial charge in [-0.15, -0.1) is 0 Å². The molecule has 1 aliphatic rings. The number of nitrogens with one attached hydrogen (secondary N) is 2. The zero-order valence-corrected chi connectivity index (χ0v) is 9.88. The van der Waals surface area contributed by atoms with Crippen molar-refractivity contribution >= 4 is 11.6 Å². The van der Waals surface area contributed by atoms with Crippen LogP contribution in [0.4, 0.5) is 14.5 Å². The minimum atomic E-state index is -0.634. The molecule has 2 rings (SSSR count). The Labute approximate surface area is 104 Å². The van der Waals surface area contributed by atoms with Crippen LogP contribution in [0.15, 0.2) is 18.2 Å². The lowest BCUT2D eigenvalue weighted by atomic mass is 10.3. The van der Waals surface area contributed by atoms with Crippen LogP contribution in [0.5, 0.6) is 0 Å². The number of hydrogen-bond donors (Lipinski definition) is 2. The summed E-state index contributed by atoms with van der Waals surface area (Å²) >= 11 is 0. The van der Waals surface area contributed by atoms with Crippen LogP contribution in [-0.4, -0.2) is 43.5 Å². The fraction of sp³-hybridized carbons (Fsp3) is 0.417. The van der Waals surface area contributed by atoms with E-state index in [0.29, 0.717) is 0 Å². The lowest BCUT2D eigenvalue weighted by Gasteiger charge is -2.26. The summed E-state index contributed by atoms with van der Waals surface area (Å²) < 4.78 is 26.2. The Hall–Kier alpha value is -1.53. The number of benzene rings is 1. The van der Waals surface area contributed by atoms with E-state index in [-0.39, 0.29) is 18.1 Å². The molecule has 0 saturated carbocycles. The number of rotatable bonds is 3. The SMILES string of the molecule is O=C(CN1CCNCC1)Nc1cc(F)ccc1F. The molecule has 0 bridgehead atoms. The van der Waals surface area contributed by atoms with Gasteiger partial charge >= 0.3 is 0 Å². The van der Waals surface area contributed by atoms with Crippen molar-refractivity contribution in [3.05, 3.63) is 29.8 Å². The maximum absolute atomic E-state index is 13.3. The maximum Gasteiger partial charge on any atom is 0.238 e. The summed E-state index contributed by atoms with van der Waals surface area (Å²) in [6, 6.07) is 2.99. The topological polar surface area (TPSA) is 44.4 Å². The number of carbonyl (C=O) groups excluding carboxylic acids is 1. The molecule has 1 aromatic rings. The quantitative estimate of drug-likeness (QED) is 0.840. The summed E-state index contributed by atoms with van der Waals surface area (Å²) in [6.45, 7) is 3.42. The van der Waals surface area contributed by atoms with E-state index in [4.69, 9.17) is 0 Å². The van der Waals surface area contributed by atoms with Crippen LogP contribution >= 0.6 is 0 Å². The Kier molecular flexibility index (Phi) is 4.22. The lowest BCUT2D eigenvalue weighted by Crippen LogP contribution is -2.46. The molecule has 2 N–H and O–H groups in total. The third kappa shape index (κ3) is 3.48. The highest BCUT2D eigenvalue weighted by atomic mass is 19.1. The summed E-state index contributed by atoms with van der Waals surface area (Å²) in [7, 11) is 0. The molecule has 0 radical (unpaired) electrons. The van der Waals surface area contributed by atoms with E-state index in [2.05, 4.69) is 10.6 Å². The smallest absolute Gasteiger partial charge is 0.238 e. The highest BCUT2D eigenvalue weighted by Gasteiger charge is 2.14. The fourth-order valence-corrected chi connectivity index (χ4v) is 1.86. The Morgan fingerprint density at radius 3 is 2.78 bits per heavy atom. The van der Waals surface area contributed by atoms with Gasteiger partial charge < -0.3 is 10.6 Å². The second-order valence-electron chi connectivity index (χ2n) is 4.20. The molecule has 4 nitrogen and oxygen atoms in total. The summed E-state index contributed by atoms with van der Waals surface area (Å²) in [5.74, 6) is -1.54. The van der Waals surface area contributed by atoms with Crippen LogP contribution in [0.1, 0.15) is 0 Å². The molecule has 0 spiro atoms. The van der Waals surface area contributed by atoms with Gasteiger partial charge in [-0.1, -0.05) is 0 Å². The van der Waals surface area contributed by atoms with Gasteiger partial charge in [0.25, 0.3) is 0 Å². The second-order valence-corrected chi connectivity index (χ2v) is 4.20. The first kappa shape index (κ1) is 12.9. The normalized spacial score (nSPS) is 16.6. The van der Waals surface area contributed by atoms with E-state index >= 15 is 0 Å². The summed E-state index contributed by atoms with van der Waals surface area (Å²) in [6.07, 6.45) is 0. The second kappa shape index (κ2) is 5.88. The number of amides is 1. The predicted octanol–water partition coefficient (Wildman–Crippen LogP) is 0.808. The van der Waals surface area contributed by atoms with Crippen molar-refractivity contribution in [1.29, 1.82) is 0 Å². The molecule has 1 aromatic carbocycles. The number of halogens is 2. The van der Waals surface area contributed by atoms with Crippen LogP contribution in [0, 0.1) is 11.6 Å². The van der Waals surface area contributed by atoms with Gasteiger partial charge in [0.1, 0.15) is 11.6 Å². The van der Waals surface area contributed by atoms with Crippen LogP contribution < -0.4 is 10.6 Å². The molecule has 18 heavy (non-hydrogen) atoms. The van der Waals surface area contributed by atoms with E-state index in [1.165, 1.54) is 0 Å². The number of anilines is 1. The summed E-state index contributed by atoms with van der Waals surface area (Å²) in [4.78, 5) is 13.6. The first-order valence-electron chi connectivity index (χ1n) is 5.83. The van der Waals surface area contributed by atoms with Crippen molar-refractivity contribution in [3.63, 3.8) is 0 Å². The van der Waals surface area contributed by atoms with Gasteiger partial charge in [-0.3, -0.25) is 9.69 Å². The van der Waals surface area contributed by atoms with Gasteiger partial charge in [-0.2, -0.15) is 0 Å². The lowest BCUT2D eigenvalue weighted by molar-refractivity contribution is -0.117. The Morgan fingerprint density at radius 2 is 2.06 bits per heavy atom. The summed E-state index contributed by atoms with van der Waals surface area (Å²) in [5.41, 5.74) is -0.116. The van der Waals surface area contributed by atoms with E-state index in [1.807, 2.05) is 4.90 Å². The van der Waals surface area contributed by atoms with Crippen LogP contribution in [0.25, 0.3) is 0 Å². The van der Waals surface area contributed by atoms with E-state index in [1.54, 1.807) is 0 Å². The molecule has 1 saturated heterocycles. The molecule has 0 aliphatic carbocycles. The van der Waals surface area contributed by atoms with Gasteiger partial charge in [-0.05, 0) is 12.1 Å². The minimum Gasteiger partial charge on any atom is -0.322 e. The van der Waals surface area contributed by atoms with E-state index in [9.17, 15) is 13.6 Å². The van der Waals surface area contributed by atoms with Crippen molar-refractivity contribution in [3.8, 4) is 0 Å². The molecular formula is C12H15F2N3O. The van der Waals surface area contributed by atoms with Crippen molar-refractivity contribution in [2.24, 2.45) is 0 Å². The average molecular weight is 255 g/mol. The molecular weight excluding hydrogens is 240 g/mol. The first-order valence-corrected chi connectivity index (χ1v) is 5.83. The molecule has 98 valence electrons. The van der Waals surface area contributed by atoms with Crippen LogP contribution in [-0.2, 0) is 4.79 Å². The monoisotopic (exact) mass is 255 g/mol. The highest BCUT2D eigenvalue weighted by Crippen LogP contribution is 2.15. The summed E-state index contributed by atoms with van der Waals surface area (Å²) in [5, 5.41) is 5.55. The van der Waals surface area contributed by atoms with Gasteiger partial charge in [0.2, 0.25) is 5.91 Å². The molecule has 1 amide bonds. The molecule has 1 aliphatic heterocycles. The highest BCUT2D eigenvalue weighted by molar-refractivity contribution is 5.92. The average Bonchev–Trinajstić information content (AvgIpc) is 2.35. The zero-order chi connectivity index (χ0) is 13.0. The van der Waals surface area contributed by atoms with Gasteiger partial charge in [-0.25, -0.2) is 8.78 Å². The van der Waals surface area contributed by atoms with Crippen LogP contribution in [0.2, 0.25) is 0 Å². The number of piperazine rings is 1. The molecule has 0 atom stereocenters. The largest absolute Gasteiger partial charge is 0.322 e. The molecule has 1 fully saturated rings. The van der Waals surface area contributed by atoms with E-state index in [0.717, 1.165) is 44.4 Å². The Bertz CT molecular complexity index is 433. The van der Waals surface area contributed by atoms with Crippen LogP contribution in [0.3, 0.4) is 0 Å². The minimum absolute atomic E-state index is 0.116. The first-order chi connectivity index (χ1) is 8.65. The van der Waals surface area contributed by atoms with Crippen molar-refractivity contribution < 1.29 is 13.6 Å². The molecule has 0 unspecified atom stereocenters. The Morgan fingerprint density at radius 1 is 1.33 bits per heavy atom. The number of hydrogen-bond acceptors (Lipinski definition) is 3. The molecule has 6 heteroatoms. The predicted molar refractivity (Wildman–Crippen MR) is 64.3 cm³/mol.